The standard InChI is InChI=1S/C27H33N3O2S/c1-4-21-19-23(27(33-21)28-26(31)20-11-7-6-8-12-20)25(22-13-9-10-14-24(22)32-3)30-17-15-29(5-2)16-18-30/h6-14,19,25H,4-5,15-18H2,1-3H3,(H,28,31). The van der Waals surface area contributed by atoms with Crippen molar-refractivity contribution in [2.45, 2.75) is 26.3 Å². The smallest absolute Gasteiger partial charge is 0.256 e. The van der Waals surface area contributed by atoms with Crippen LogP contribution in [0.4, 0.5) is 5.00 Å². The van der Waals surface area contributed by atoms with E-state index in [0.717, 1.165) is 61.0 Å². The van der Waals surface area contributed by atoms with Gasteiger partial charge < -0.3 is 15.0 Å². The number of methoxy groups -OCH3 is 1. The number of likely N-dealkylation sites (N-methyl/N-ethyl adjacent to an activating group) is 1. The summed E-state index contributed by atoms with van der Waals surface area (Å²) in [5.41, 5.74) is 2.96. The molecule has 3 aromatic rings. The minimum Gasteiger partial charge on any atom is -0.496 e. The maximum absolute atomic E-state index is 13.1. The summed E-state index contributed by atoms with van der Waals surface area (Å²) in [4.78, 5) is 19.3. The molecule has 0 radical (unpaired) electrons. The van der Waals surface area contributed by atoms with E-state index in [0.29, 0.717) is 5.56 Å². The Morgan fingerprint density at radius 1 is 1.00 bits per heavy atom. The fourth-order valence-electron chi connectivity index (χ4n) is 4.49. The van der Waals surface area contributed by atoms with Crippen LogP contribution < -0.4 is 10.1 Å². The Hall–Kier alpha value is -2.67. The number of anilines is 1. The van der Waals surface area contributed by atoms with E-state index in [4.69, 9.17) is 4.74 Å². The van der Waals surface area contributed by atoms with Crippen LogP contribution in [0.25, 0.3) is 0 Å². The lowest BCUT2D eigenvalue weighted by Gasteiger charge is -2.39. The number of hydrogen-bond acceptors (Lipinski definition) is 5. The lowest BCUT2D eigenvalue weighted by molar-refractivity contribution is 0.102. The minimum absolute atomic E-state index is 0.0165. The molecule has 2 heterocycles. The largest absolute Gasteiger partial charge is 0.496 e. The number of thiophene rings is 1. The fraction of sp³-hybridized carbons (Fsp3) is 0.370. The van der Waals surface area contributed by atoms with E-state index < -0.39 is 0 Å². The first-order chi connectivity index (χ1) is 16.1. The Labute approximate surface area is 201 Å². The monoisotopic (exact) mass is 463 g/mol. The number of benzene rings is 2. The highest BCUT2D eigenvalue weighted by Gasteiger charge is 2.31. The number of nitrogens with zero attached hydrogens (tertiary/aromatic N) is 2. The lowest BCUT2D eigenvalue weighted by atomic mass is 9.96. The summed E-state index contributed by atoms with van der Waals surface area (Å²) in [7, 11) is 1.73. The molecule has 1 aliphatic heterocycles. The fourth-order valence-corrected chi connectivity index (χ4v) is 5.51. The number of rotatable bonds is 8. The summed E-state index contributed by atoms with van der Waals surface area (Å²) in [6, 6.07) is 20.0. The average Bonchev–Trinajstić information content (AvgIpc) is 3.27. The second-order valence-electron chi connectivity index (χ2n) is 8.29. The predicted octanol–water partition coefficient (Wildman–Crippen LogP) is 5.30. The zero-order chi connectivity index (χ0) is 23.2. The molecular weight excluding hydrogens is 430 g/mol. The number of piperazine rings is 1. The summed E-state index contributed by atoms with van der Waals surface area (Å²) in [6.45, 7) is 9.48. The SMILES string of the molecule is CCc1cc(C(c2ccccc2OC)N2CCN(CC)CC2)c(NC(=O)c2ccccc2)s1. The quantitative estimate of drug-likeness (QED) is 0.492. The van der Waals surface area contributed by atoms with Gasteiger partial charge in [0.1, 0.15) is 10.8 Å². The number of hydrogen-bond donors (Lipinski definition) is 1. The molecule has 1 aliphatic rings. The van der Waals surface area contributed by atoms with E-state index in [1.54, 1.807) is 18.4 Å². The Morgan fingerprint density at radius 3 is 2.36 bits per heavy atom. The van der Waals surface area contributed by atoms with E-state index in [1.807, 2.05) is 42.5 Å². The minimum atomic E-state index is -0.0732. The van der Waals surface area contributed by atoms with Crippen LogP contribution in [0.1, 0.15) is 46.3 Å². The second kappa shape index (κ2) is 11.0. The highest BCUT2D eigenvalue weighted by atomic mass is 32.1. The number of nitrogens with one attached hydrogen (secondary N) is 1. The number of carbonyl (C=O) groups excluding carboxylic acids is 1. The maximum Gasteiger partial charge on any atom is 0.256 e. The third-order valence-corrected chi connectivity index (χ3v) is 7.58. The number of aryl methyl sites for hydroxylation is 1. The molecule has 1 amide bonds. The third-order valence-electron chi connectivity index (χ3n) is 6.37. The van der Waals surface area contributed by atoms with Crippen molar-refractivity contribution in [2.75, 3.05) is 45.2 Å². The third kappa shape index (κ3) is 5.29. The van der Waals surface area contributed by atoms with Gasteiger partial charge in [0, 0.05) is 47.7 Å². The van der Waals surface area contributed by atoms with Crippen LogP contribution >= 0.6 is 11.3 Å². The molecule has 1 fully saturated rings. The van der Waals surface area contributed by atoms with Gasteiger partial charge in [-0.2, -0.15) is 0 Å². The number of carbonyl (C=O) groups is 1. The van der Waals surface area contributed by atoms with Crippen LogP contribution in [0.3, 0.4) is 0 Å². The molecule has 2 aromatic carbocycles. The van der Waals surface area contributed by atoms with E-state index in [2.05, 4.69) is 47.2 Å². The average molecular weight is 464 g/mol. The molecule has 5 nitrogen and oxygen atoms in total. The zero-order valence-corrected chi connectivity index (χ0v) is 20.5. The second-order valence-corrected chi connectivity index (χ2v) is 9.42. The van der Waals surface area contributed by atoms with Crippen LogP contribution in [-0.2, 0) is 6.42 Å². The molecule has 0 saturated carbocycles. The van der Waals surface area contributed by atoms with Crippen molar-refractivity contribution in [2.24, 2.45) is 0 Å². The summed E-state index contributed by atoms with van der Waals surface area (Å²) < 4.78 is 5.78. The highest BCUT2D eigenvalue weighted by Crippen LogP contribution is 2.42. The molecule has 6 heteroatoms. The first-order valence-corrected chi connectivity index (χ1v) is 12.5. The maximum atomic E-state index is 13.1. The zero-order valence-electron chi connectivity index (χ0n) is 19.7. The van der Waals surface area contributed by atoms with Crippen molar-refractivity contribution in [3.05, 3.63) is 82.2 Å². The molecule has 174 valence electrons. The van der Waals surface area contributed by atoms with Gasteiger partial charge in [-0.3, -0.25) is 9.69 Å². The van der Waals surface area contributed by atoms with Crippen LogP contribution in [0.15, 0.2) is 60.7 Å². The molecule has 1 atom stereocenters. The number of ether oxygens (including phenoxy) is 1. The van der Waals surface area contributed by atoms with Crippen molar-refractivity contribution in [1.29, 1.82) is 0 Å². The molecule has 4 rings (SSSR count). The number of amides is 1. The molecule has 0 aliphatic carbocycles. The lowest BCUT2D eigenvalue weighted by Crippen LogP contribution is -2.47. The van der Waals surface area contributed by atoms with Gasteiger partial charge >= 0.3 is 0 Å². The van der Waals surface area contributed by atoms with Crippen molar-refractivity contribution >= 4 is 22.2 Å². The van der Waals surface area contributed by atoms with Gasteiger partial charge in [0.2, 0.25) is 0 Å². The van der Waals surface area contributed by atoms with Gasteiger partial charge in [0.25, 0.3) is 5.91 Å². The van der Waals surface area contributed by atoms with E-state index in [9.17, 15) is 4.79 Å². The summed E-state index contributed by atoms with van der Waals surface area (Å²) >= 11 is 1.68. The van der Waals surface area contributed by atoms with E-state index >= 15 is 0 Å². The normalized spacial score (nSPS) is 15.8. The topological polar surface area (TPSA) is 44.8 Å². The molecule has 1 N–H and O–H groups in total. The summed E-state index contributed by atoms with van der Waals surface area (Å²) in [5, 5.41) is 4.16. The molecule has 1 saturated heterocycles. The Balaban J connectivity index is 1.75. The summed E-state index contributed by atoms with van der Waals surface area (Å²) in [6.07, 6.45) is 0.932. The van der Waals surface area contributed by atoms with Gasteiger partial charge in [0.15, 0.2) is 0 Å². The molecule has 1 aromatic heterocycles. The first-order valence-electron chi connectivity index (χ1n) is 11.7. The van der Waals surface area contributed by atoms with Crippen molar-refractivity contribution in [3.63, 3.8) is 0 Å². The van der Waals surface area contributed by atoms with Gasteiger partial charge in [-0.05, 0) is 37.2 Å². The van der Waals surface area contributed by atoms with E-state index in [-0.39, 0.29) is 11.9 Å². The van der Waals surface area contributed by atoms with Crippen LogP contribution in [0, 0.1) is 0 Å². The van der Waals surface area contributed by atoms with E-state index in [1.165, 1.54) is 4.88 Å². The van der Waals surface area contributed by atoms with Gasteiger partial charge in [-0.25, -0.2) is 0 Å². The first kappa shape index (κ1) is 23.5. The highest BCUT2D eigenvalue weighted by molar-refractivity contribution is 7.16. The van der Waals surface area contributed by atoms with Crippen LogP contribution in [0.5, 0.6) is 5.75 Å². The Bertz CT molecular complexity index is 1060. The molecular formula is C27H33N3O2S. The summed E-state index contributed by atoms with van der Waals surface area (Å²) in [5.74, 6) is 0.806. The Kier molecular flexibility index (Phi) is 7.81. The molecule has 1 unspecified atom stereocenters. The van der Waals surface area contributed by atoms with Gasteiger partial charge in [0.05, 0.1) is 13.2 Å². The molecule has 0 bridgehead atoms. The predicted molar refractivity (Wildman–Crippen MR) is 137 cm³/mol. The number of para-hydroxylation sites is 1. The van der Waals surface area contributed by atoms with Crippen molar-refractivity contribution in [1.82, 2.24) is 9.80 Å². The van der Waals surface area contributed by atoms with Gasteiger partial charge in [-0.1, -0.05) is 50.2 Å². The van der Waals surface area contributed by atoms with Crippen LogP contribution in [0.2, 0.25) is 0 Å². The molecule has 33 heavy (non-hydrogen) atoms. The van der Waals surface area contributed by atoms with Crippen molar-refractivity contribution < 1.29 is 9.53 Å². The van der Waals surface area contributed by atoms with Crippen molar-refractivity contribution in [3.8, 4) is 5.75 Å². The van der Waals surface area contributed by atoms with Gasteiger partial charge in [-0.15, -0.1) is 11.3 Å². The van der Waals surface area contributed by atoms with Crippen LogP contribution in [-0.4, -0.2) is 55.5 Å². The Morgan fingerprint density at radius 2 is 1.70 bits per heavy atom. The molecule has 0 spiro atoms.